The molecule has 4 rings (SSSR count). The summed E-state index contributed by atoms with van der Waals surface area (Å²) in [6, 6.07) is 17.2. The Hall–Kier alpha value is -2.46. The molecule has 0 atom stereocenters. The van der Waals surface area contributed by atoms with Crippen LogP contribution < -0.4 is 0 Å². The molecule has 1 amide bonds. The van der Waals surface area contributed by atoms with E-state index in [0.717, 1.165) is 64.8 Å². The number of piperidine rings is 2. The van der Waals surface area contributed by atoms with Crippen LogP contribution in [-0.4, -0.2) is 48.4 Å². The number of hydrogen-bond donors (Lipinski definition) is 0. The highest BCUT2D eigenvalue weighted by molar-refractivity contribution is 5.79. The van der Waals surface area contributed by atoms with E-state index in [1.165, 1.54) is 23.3 Å². The van der Waals surface area contributed by atoms with Gasteiger partial charge in [-0.2, -0.15) is 0 Å². The maximum absolute atomic E-state index is 13.1. The lowest BCUT2D eigenvalue weighted by Crippen LogP contribution is -2.45. The Morgan fingerprint density at radius 1 is 0.903 bits per heavy atom. The van der Waals surface area contributed by atoms with E-state index in [2.05, 4.69) is 46.2 Å². The predicted molar refractivity (Wildman–Crippen MR) is 124 cm³/mol. The molecule has 0 unspecified atom stereocenters. The quantitative estimate of drug-likeness (QED) is 0.654. The first-order valence-electron chi connectivity index (χ1n) is 11.6. The molecule has 2 aliphatic heterocycles. The first-order chi connectivity index (χ1) is 15.2. The molecular weight excluding hydrogens is 387 g/mol. The van der Waals surface area contributed by atoms with Crippen LogP contribution >= 0.6 is 0 Å². The molecule has 0 spiro atoms. The SMILES string of the molecule is O=C(C1CCN(C/C=C/c2ccccc2)CC1)N1CCC(Cc2ccc(F)cc2)CC1. The summed E-state index contributed by atoms with van der Waals surface area (Å²) >= 11 is 0. The van der Waals surface area contributed by atoms with Crippen LogP contribution in [0.25, 0.3) is 6.08 Å². The lowest BCUT2D eigenvalue weighted by Gasteiger charge is -2.37. The van der Waals surface area contributed by atoms with Gasteiger partial charge in [0.1, 0.15) is 5.82 Å². The first-order valence-corrected chi connectivity index (χ1v) is 11.6. The smallest absolute Gasteiger partial charge is 0.225 e. The lowest BCUT2D eigenvalue weighted by atomic mass is 9.88. The Kier molecular flexibility index (Phi) is 7.52. The van der Waals surface area contributed by atoms with Crippen LogP contribution in [0.1, 0.15) is 36.8 Å². The number of carbonyl (C=O) groups excluding carboxylic acids is 1. The van der Waals surface area contributed by atoms with Crippen molar-refractivity contribution in [2.75, 3.05) is 32.7 Å². The second-order valence-corrected chi connectivity index (χ2v) is 8.99. The summed E-state index contributed by atoms with van der Waals surface area (Å²) in [5, 5.41) is 0. The van der Waals surface area contributed by atoms with E-state index < -0.39 is 0 Å². The van der Waals surface area contributed by atoms with Gasteiger partial charge in [-0.05, 0) is 74.4 Å². The predicted octanol–water partition coefficient (Wildman–Crippen LogP) is 5.03. The zero-order chi connectivity index (χ0) is 21.5. The molecule has 2 heterocycles. The summed E-state index contributed by atoms with van der Waals surface area (Å²) in [5.41, 5.74) is 2.43. The first kappa shape index (κ1) is 21.8. The average molecular weight is 421 g/mol. The second kappa shape index (κ2) is 10.7. The number of halogens is 1. The standard InChI is InChI=1S/C27H33FN2O/c28-26-10-8-23(9-11-26)21-24-12-19-30(20-13-24)27(31)25-14-17-29(18-15-25)16-4-7-22-5-2-1-3-6-22/h1-11,24-25H,12-21H2/b7-4+. The van der Waals surface area contributed by atoms with Crippen LogP contribution in [0.5, 0.6) is 0 Å². The Bertz CT molecular complexity index is 849. The van der Waals surface area contributed by atoms with E-state index in [1.807, 2.05) is 18.2 Å². The van der Waals surface area contributed by atoms with Crippen molar-refractivity contribution in [3.63, 3.8) is 0 Å². The zero-order valence-corrected chi connectivity index (χ0v) is 18.3. The fraction of sp³-hybridized carbons (Fsp3) is 0.444. The number of nitrogens with zero attached hydrogens (tertiary/aromatic N) is 2. The molecule has 0 aromatic heterocycles. The van der Waals surface area contributed by atoms with Crippen molar-refractivity contribution in [1.29, 1.82) is 0 Å². The molecule has 2 aromatic carbocycles. The van der Waals surface area contributed by atoms with Gasteiger partial charge in [-0.15, -0.1) is 0 Å². The van der Waals surface area contributed by atoms with Crippen LogP contribution in [-0.2, 0) is 11.2 Å². The highest BCUT2D eigenvalue weighted by Gasteiger charge is 2.30. The minimum atomic E-state index is -0.178. The third kappa shape index (κ3) is 6.27. The number of benzene rings is 2. The third-order valence-electron chi connectivity index (χ3n) is 6.77. The maximum atomic E-state index is 13.1. The van der Waals surface area contributed by atoms with E-state index in [-0.39, 0.29) is 11.7 Å². The van der Waals surface area contributed by atoms with E-state index in [0.29, 0.717) is 11.8 Å². The molecule has 3 nitrogen and oxygen atoms in total. The van der Waals surface area contributed by atoms with Crippen molar-refractivity contribution >= 4 is 12.0 Å². The largest absolute Gasteiger partial charge is 0.342 e. The Morgan fingerprint density at radius 2 is 1.58 bits per heavy atom. The maximum Gasteiger partial charge on any atom is 0.225 e. The summed E-state index contributed by atoms with van der Waals surface area (Å²) in [6.07, 6.45) is 9.41. The number of amides is 1. The van der Waals surface area contributed by atoms with Gasteiger partial charge in [0.2, 0.25) is 5.91 Å². The molecule has 164 valence electrons. The van der Waals surface area contributed by atoms with E-state index in [9.17, 15) is 9.18 Å². The van der Waals surface area contributed by atoms with Crippen LogP contribution in [0.3, 0.4) is 0 Å². The molecule has 2 aliphatic rings. The van der Waals surface area contributed by atoms with Crippen LogP contribution in [0.15, 0.2) is 60.7 Å². The van der Waals surface area contributed by atoms with Gasteiger partial charge in [-0.3, -0.25) is 9.69 Å². The lowest BCUT2D eigenvalue weighted by molar-refractivity contribution is -0.138. The molecule has 0 aliphatic carbocycles. The summed E-state index contributed by atoms with van der Waals surface area (Å²) < 4.78 is 13.1. The molecule has 0 bridgehead atoms. The molecule has 2 aromatic rings. The number of carbonyl (C=O) groups is 1. The van der Waals surface area contributed by atoms with Crippen molar-refractivity contribution in [2.24, 2.45) is 11.8 Å². The molecule has 2 fully saturated rings. The molecule has 0 N–H and O–H groups in total. The van der Waals surface area contributed by atoms with Crippen molar-refractivity contribution in [3.05, 3.63) is 77.6 Å². The van der Waals surface area contributed by atoms with E-state index in [4.69, 9.17) is 0 Å². The van der Waals surface area contributed by atoms with Crippen molar-refractivity contribution in [1.82, 2.24) is 9.80 Å². The number of likely N-dealkylation sites (tertiary alicyclic amines) is 2. The summed E-state index contributed by atoms with van der Waals surface area (Å²) in [5.74, 6) is 0.956. The molecule has 0 radical (unpaired) electrons. The topological polar surface area (TPSA) is 23.6 Å². The molecule has 31 heavy (non-hydrogen) atoms. The minimum absolute atomic E-state index is 0.178. The second-order valence-electron chi connectivity index (χ2n) is 8.99. The van der Waals surface area contributed by atoms with Gasteiger partial charge in [-0.1, -0.05) is 54.6 Å². The van der Waals surface area contributed by atoms with Crippen LogP contribution in [0, 0.1) is 17.7 Å². The highest BCUT2D eigenvalue weighted by atomic mass is 19.1. The van der Waals surface area contributed by atoms with Crippen molar-refractivity contribution < 1.29 is 9.18 Å². The van der Waals surface area contributed by atoms with Crippen molar-refractivity contribution in [3.8, 4) is 0 Å². The van der Waals surface area contributed by atoms with Gasteiger partial charge < -0.3 is 4.90 Å². The van der Waals surface area contributed by atoms with Gasteiger partial charge >= 0.3 is 0 Å². The van der Waals surface area contributed by atoms with Crippen molar-refractivity contribution in [2.45, 2.75) is 32.1 Å². The number of rotatable bonds is 6. The summed E-state index contributed by atoms with van der Waals surface area (Å²) in [6.45, 7) is 4.67. The van der Waals surface area contributed by atoms with Gasteiger partial charge in [-0.25, -0.2) is 4.39 Å². The fourth-order valence-corrected chi connectivity index (χ4v) is 4.83. The molecule has 0 saturated carbocycles. The Balaban J connectivity index is 1.17. The Labute approximate surface area is 185 Å². The average Bonchev–Trinajstić information content (AvgIpc) is 2.82. The minimum Gasteiger partial charge on any atom is -0.342 e. The normalized spacial score (nSPS) is 19.2. The molecule has 2 saturated heterocycles. The van der Waals surface area contributed by atoms with E-state index in [1.54, 1.807) is 0 Å². The van der Waals surface area contributed by atoms with E-state index >= 15 is 0 Å². The van der Waals surface area contributed by atoms with Gasteiger partial charge in [0.15, 0.2) is 0 Å². The molecule has 4 heteroatoms. The van der Waals surface area contributed by atoms with Gasteiger partial charge in [0, 0.05) is 25.6 Å². The van der Waals surface area contributed by atoms with Gasteiger partial charge in [0.05, 0.1) is 0 Å². The highest BCUT2D eigenvalue weighted by Crippen LogP contribution is 2.26. The van der Waals surface area contributed by atoms with Crippen LogP contribution in [0.2, 0.25) is 0 Å². The third-order valence-corrected chi connectivity index (χ3v) is 6.77. The summed E-state index contributed by atoms with van der Waals surface area (Å²) in [7, 11) is 0. The van der Waals surface area contributed by atoms with Gasteiger partial charge in [0.25, 0.3) is 0 Å². The fourth-order valence-electron chi connectivity index (χ4n) is 4.83. The number of hydrogen-bond acceptors (Lipinski definition) is 2. The molecular formula is C27H33FN2O. The zero-order valence-electron chi connectivity index (χ0n) is 18.3. The monoisotopic (exact) mass is 420 g/mol. The van der Waals surface area contributed by atoms with Crippen LogP contribution in [0.4, 0.5) is 4.39 Å². The Morgan fingerprint density at radius 3 is 2.26 bits per heavy atom. The summed E-state index contributed by atoms with van der Waals surface area (Å²) in [4.78, 5) is 17.5.